The van der Waals surface area contributed by atoms with Gasteiger partial charge < -0.3 is 5.11 Å². The molecule has 4 rings (SSSR count). The van der Waals surface area contributed by atoms with Crippen molar-refractivity contribution in [2.75, 3.05) is 0 Å². The molecule has 0 unspecified atom stereocenters. The molecule has 2 heterocycles. The number of carboxylic acid groups (broad SMARTS) is 1. The van der Waals surface area contributed by atoms with E-state index in [-0.39, 0.29) is 0 Å². The van der Waals surface area contributed by atoms with E-state index in [4.69, 9.17) is 0 Å². The molecule has 0 saturated heterocycles. The van der Waals surface area contributed by atoms with Gasteiger partial charge in [0.05, 0.1) is 17.0 Å². The first-order chi connectivity index (χ1) is 12.7. The summed E-state index contributed by atoms with van der Waals surface area (Å²) in [6, 6.07) is 19.5. The summed E-state index contributed by atoms with van der Waals surface area (Å²) in [5.74, 6) is -1.29. The van der Waals surface area contributed by atoms with Gasteiger partial charge in [0.1, 0.15) is 0 Å². The van der Waals surface area contributed by atoms with Gasteiger partial charge in [-0.05, 0) is 48.2 Å². The van der Waals surface area contributed by atoms with Gasteiger partial charge in [0.25, 0.3) is 0 Å². The van der Waals surface area contributed by atoms with Crippen molar-refractivity contribution in [1.82, 2.24) is 9.97 Å². The number of hydrogen-bond acceptors (Lipinski definition) is 3. The van der Waals surface area contributed by atoms with Crippen molar-refractivity contribution >= 4 is 27.8 Å². The Labute approximate surface area is 151 Å². The summed E-state index contributed by atoms with van der Waals surface area (Å²) in [6.45, 7) is 0. The van der Waals surface area contributed by atoms with Crippen molar-refractivity contribution in [2.45, 2.75) is 12.8 Å². The number of fused-ring (bicyclic) bond motifs is 2. The Morgan fingerprint density at radius 1 is 0.769 bits per heavy atom. The van der Waals surface area contributed by atoms with Crippen molar-refractivity contribution in [3.05, 3.63) is 84.2 Å². The average molecular weight is 342 g/mol. The molecule has 0 aliphatic rings. The van der Waals surface area contributed by atoms with E-state index in [0.717, 1.165) is 32.9 Å². The molecule has 0 aliphatic carbocycles. The third-order valence-electron chi connectivity index (χ3n) is 4.76. The molecule has 2 aromatic carbocycles. The maximum absolute atomic E-state index is 11.9. The van der Waals surface area contributed by atoms with E-state index in [2.05, 4.69) is 9.97 Å². The maximum atomic E-state index is 11.9. The first-order valence-corrected chi connectivity index (χ1v) is 8.60. The van der Waals surface area contributed by atoms with Gasteiger partial charge in [0, 0.05) is 23.2 Å². The Kier molecular flexibility index (Phi) is 4.32. The van der Waals surface area contributed by atoms with Gasteiger partial charge in [-0.15, -0.1) is 0 Å². The lowest BCUT2D eigenvalue weighted by atomic mass is 9.90. The number of hydrogen-bond donors (Lipinski definition) is 1. The molecule has 2 aromatic heterocycles. The van der Waals surface area contributed by atoms with Crippen LogP contribution >= 0.6 is 0 Å². The number of rotatable bonds is 5. The van der Waals surface area contributed by atoms with E-state index < -0.39 is 11.9 Å². The van der Waals surface area contributed by atoms with Crippen LogP contribution in [0.2, 0.25) is 0 Å². The molecule has 0 amide bonds. The highest BCUT2D eigenvalue weighted by molar-refractivity contribution is 5.84. The molecule has 26 heavy (non-hydrogen) atoms. The molecule has 0 atom stereocenters. The summed E-state index contributed by atoms with van der Waals surface area (Å²) >= 11 is 0. The molecule has 4 heteroatoms. The predicted molar refractivity (Wildman–Crippen MR) is 102 cm³/mol. The van der Waals surface area contributed by atoms with Crippen molar-refractivity contribution in [1.29, 1.82) is 0 Å². The molecule has 1 N–H and O–H groups in total. The summed E-state index contributed by atoms with van der Waals surface area (Å²) in [5, 5.41) is 11.8. The largest absolute Gasteiger partial charge is 0.481 e. The molecule has 0 fully saturated rings. The number of aliphatic carboxylic acids is 1. The van der Waals surface area contributed by atoms with Gasteiger partial charge >= 0.3 is 5.97 Å². The van der Waals surface area contributed by atoms with Crippen molar-refractivity contribution < 1.29 is 9.90 Å². The highest BCUT2D eigenvalue weighted by Crippen LogP contribution is 2.24. The SMILES string of the molecule is O=C(O)C(Cc1ccnc2ccccc12)Cc1ccnc2ccccc12. The van der Waals surface area contributed by atoms with Gasteiger partial charge in [-0.3, -0.25) is 14.8 Å². The molecule has 128 valence electrons. The summed E-state index contributed by atoms with van der Waals surface area (Å²) < 4.78 is 0. The van der Waals surface area contributed by atoms with Crippen LogP contribution in [0.25, 0.3) is 21.8 Å². The first kappa shape index (κ1) is 16.2. The Morgan fingerprint density at radius 2 is 1.23 bits per heavy atom. The number of carboxylic acids is 1. The van der Waals surface area contributed by atoms with Crippen molar-refractivity contribution in [3.63, 3.8) is 0 Å². The standard InChI is InChI=1S/C22H18N2O2/c25-22(26)17(13-15-9-11-23-20-7-3-1-5-18(15)20)14-16-10-12-24-21-8-4-2-6-19(16)21/h1-12,17H,13-14H2,(H,25,26). The number of pyridine rings is 2. The van der Waals surface area contributed by atoms with Crippen LogP contribution in [0.4, 0.5) is 0 Å². The molecule has 0 aliphatic heterocycles. The number of nitrogens with zero attached hydrogens (tertiary/aromatic N) is 2. The van der Waals surface area contributed by atoms with Crippen LogP contribution in [0.5, 0.6) is 0 Å². The topological polar surface area (TPSA) is 63.1 Å². The number of benzene rings is 2. The van der Waals surface area contributed by atoms with E-state index >= 15 is 0 Å². The van der Waals surface area contributed by atoms with E-state index in [1.807, 2.05) is 60.7 Å². The van der Waals surface area contributed by atoms with Gasteiger partial charge in [0.15, 0.2) is 0 Å². The smallest absolute Gasteiger partial charge is 0.307 e. The van der Waals surface area contributed by atoms with Crippen LogP contribution in [-0.2, 0) is 17.6 Å². The zero-order valence-corrected chi connectivity index (χ0v) is 14.2. The monoisotopic (exact) mass is 342 g/mol. The fourth-order valence-electron chi connectivity index (χ4n) is 3.44. The first-order valence-electron chi connectivity index (χ1n) is 8.60. The van der Waals surface area contributed by atoms with Gasteiger partial charge in [-0.2, -0.15) is 0 Å². The lowest BCUT2D eigenvalue weighted by molar-refractivity contribution is -0.141. The second kappa shape index (κ2) is 6.92. The second-order valence-corrected chi connectivity index (χ2v) is 6.42. The highest BCUT2D eigenvalue weighted by Gasteiger charge is 2.21. The Hall–Kier alpha value is -3.27. The lowest BCUT2D eigenvalue weighted by Gasteiger charge is -2.15. The summed E-state index contributed by atoms with van der Waals surface area (Å²) in [7, 11) is 0. The van der Waals surface area contributed by atoms with Gasteiger partial charge in [-0.25, -0.2) is 0 Å². The minimum Gasteiger partial charge on any atom is -0.481 e. The summed E-state index contributed by atoms with van der Waals surface area (Å²) in [6.07, 6.45) is 4.43. The normalized spacial score (nSPS) is 11.3. The van der Waals surface area contributed by atoms with Crippen LogP contribution < -0.4 is 0 Å². The van der Waals surface area contributed by atoms with Crippen LogP contribution in [0.3, 0.4) is 0 Å². The summed E-state index contributed by atoms with van der Waals surface area (Å²) in [4.78, 5) is 20.7. The zero-order chi connectivity index (χ0) is 17.9. The molecular formula is C22H18N2O2. The molecule has 0 spiro atoms. The van der Waals surface area contributed by atoms with Crippen LogP contribution in [0.1, 0.15) is 11.1 Å². The minimum absolute atomic E-state index is 0.467. The Bertz CT molecular complexity index is 1000. The van der Waals surface area contributed by atoms with Crippen molar-refractivity contribution in [3.8, 4) is 0 Å². The predicted octanol–water partition coefficient (Wildman–Crippen LogP) is 4.27. The fraction of sp³-hybridized carbons (Fsp3) is 0.136. The molecule has 0 bridgehead atoms. The average Bonchev–Trinajstić information content (AvgIpc) is 2.68. The number of aromatic nitrogens is 2. The van der Waals surface area contributed by atoms with Gasteiger partial charge in [-0.1, -0.05) is 36.4 Å². The lowest BCUT2D eigenvalue weighted by Crippen LogP contribution is -2.19. The van der Waals surface area contributed by atoms with Gasteiger partial charge in [0.2, 0.25) is 0 Å². The molecular weight excluding hydrogens is 324 g/mol. The minimum atomic E-state index is -0.785. The number of para-hydroxylation sites is 2. The quantitative estimate of drug-likeness (QED) is 0.588. The van der Waals surface area contributed by atoms with E-state index in [1.165, 1.54) is 0 Å². The van der Waals surface area contributed by atoms with E-state index in [0.29, 0.717) is 12.8 Å². The van der Waals surface area contributed by atoms with E-state index in [1.54, 1.807) is 12.4 Å². The summed E-state index contributed by atoms with van der Waals surface area (Å²) in [5.41, 5.74) is 3.81. The van der Waals surface area contributed by atoms with E-state index in [9.17, 15) is 9.90 Å². The van der Waals surface area contributed by atoms with Crippen LogP contribution in [-0.4, -0.2) is 21.0 Å². The van der Waals surface area contributed by atoms with Crippen LogP contribution in [0.15, 0.2) is 73.1 Å². The van der Waals surface area contributed by atoms with Crippen LogP contribution in [0, 0.1) is 5.92 Å². The molecule has 0 saturated carbocycles. The Balaban J connectivity index is 1.69. The molecule has 0 radical (unpaired) electrons. The third-order valence-corrected chi connectivity index (χ3v) is 4.76. The maximum Gasteiger partial charge on any atom is 0.307 e. The molecule has 4 aromatic rings. The van der Waals surface area contributed by atoms with Crippen molar-refractivity contribution in [2.24, 2.45) is 5.92 Å². The zero-order valence-electron chi connectivity index (χ0n) is 14.2. The third kappa shape index (κ3) is 3.14. The fourth-order valence-corrected chi connectivity index (χ4v) is 3.44. The number of carbonyl (C=O) groups is 1. The highest BCUT2D eigenvalue weighted by atomic mass is 16.4. The molecule has 4 nitrogen and oxygen atoms in total. The second-order valence-electron chi connectivity index (χ2n) is 6.42. The Morgan fingerprint density at radius 3 is 1.69 bits per heavy atom.